The molecule has 0 radical (unpaired) electrons. The lowest BCUT2D eigenvalue weighted by molar-refractivity contribution is -0.870. The molecule has 0 saturated carbocycles. The van der Waals surface area contributed by atoms with E-state index in [0.717, 1.165) is 57.8 Å². The zero-order chi connectivity index (χ0) is 41.4. The highest BCUT2D eigenvalue weighted by Gasteiger charge is 2.21. The number of carbonyl (C=O) groups excluding carboxylic acids is 2. The van der Waals surface area contributed by atoms with E-state index in [0.29, 0.717) is 17.4 Å². The highest BCUT2D eigenvalue weighted by molar-refractivity contribution is 7.45. The van der Waals surface area contributed by atoms with Crippen molar-refractivity contribution >= 4 is 19.8 Å². The van der Waals surface area contributed by atoms with E-state index in [1.54, 1.807) is 0 Å². The van der Waals surface area contributed by atoms with Gasteiger partial charge in [-0.1, -0.05) is 184 Å². The number of phosphoric ester groups is 1. The Labute approximate surface area is 343 Å². The third-order valence-corrected chi connectivity index (χ3v) is 10.1. The van der Waals surface area contributed by atoms with Gasteiger partial charge in [0.05, 0.1) is 27.7 Å². The van der Waals surface area contributed by atoms with Gasteiger partial charge < -0.3 is 27.9 Å². The van der Waals surface area contributed by atoms with Gasteiger partial charge in [0.15, 0.2) is 6.10 Å². The topological polar surface area (TPSA) is 111 Å². The summed E-state index contributed by atoms with van der Waals surface area (Å²) in [7, 11) is 1.14. The lowest BCUT2D eigenvalue weighted by Gasteiger charge is -2.28. The number of phosphoric acid groups is 1. The monoisotopic (exact) mass is 808 g/mol. The fourth-order valence-electron chi connectivity index (χ4n) is 5.73. The molecule has 0 aliphatic heterocycles. The number of ether oxygens (including phenoxy) is 2. The van der Waals surface area contributed by atoms with Crippen LogP contribution >= 0.6 is 7.82 Å². The van der Waals surface area contributed by atoms with E-state index in [9.17, 15) is 19.0 Å². The smallest absolute Gasteiger partial charge is 0.306 e. The van der Waals surface area contributed by atoms with Crippen molar-refractivity contribution < 1.29 is 42.1 Å². The summed E-state index contributed by atoms with van der Waals surface area (Å²) in [4.78, 5) is 37.5. The maximum absolute atomic E-state index is 12.7. The first-order chi connectivity index (χ1) is 27.0. The minimum atomic E-state index is -4.63. The zero-order valence-corrected chi connectivity index (χ0v) is 37.2. The molecule has 10 heteroatoms. The van der Waals surface area contributed by atoms with Gasteiger partial charge in [0.1, 0.15) is 19.8 Å². The molecule has 0 aromatic rings. The molecule has 0 N–H and O–H groups in total. The van der Waals surface area contributed by atoms with Crippen molar-refractivity contribution in [3.63, 3.8) is 0 Å². The molecule has 2 atom stereocenters. The molecule has 0 amide bonds. The van der Waals surface area contributed by atoms with Crippen molar-refractivity contribution in [2.45, 2.75) is 174 Å². The predicted molar refractivity (Wildman–Crippen MR) is 231 cm³/mol. The van der Waals surface area contributed by atoms with E-state index in [1.807, 2.05) is 63.7 Å². The first-order valence-electron chi connectivity index (χ1n) is 22.1. The quantitative estimate of drug-likeness (QED) is 0.0198. The second-order valence-corrected chi connectivity index (χ2v) is 17.2. The Morgan fingerprint density at radius 2 is 1.02 bits per heavy atom. The van der Waals surface area contributed by atoms with Crippen LogP contribution in [-0.2, 0) is 32.7 Å². The van der Waals surface area contributed by atoms with E-state index in [4.69, 9.17) is 18.5 Å². The molecule has 0 aromatic carbocycles. The number of nitrogens with zero attached hydrogens (tertiary/aromatic N) is 1. The Morgan fingerprint density at radius 3 is 1.52 bits per heavy atom. The van der Waals surface area contributed by atoms with Crippen LogP contribution in [-0.4, -0.2) is 70.0 Å². The van der Waals surface area contributed by atoms with Crippen LogP contribution in [0.5, 0.6) is 0 Å². The van der Waals surface area contributed by atoms with Gasteiger partial charge in [-0.15, -0.1) is 0 Å². The molecule has 0 heterocycles. The molecule has 0 bridgehead atoms. The summed E-state index contributed by atoms with van der Waals surface area (Å²) in [6.45, 7) is 4.05. The third kappa shape index (κ3) is 41.3. The van der Waals surface area contributed by atoms with Crippen molar-refractivity contribution in [3.8, 4) is 0 Å². The largest absolute Gasteiger partial charge is 0.756 e. The highest BCUT2D eigenvalue weighted by atomic mass is 31.2. The Kier molecular flexibility index (Phi) is 36.7. The molecule has 0 spiro atoms. The zero-order valence-electron chi connectivity index (χ0n) is 36.3. The molecule has 0 aliphatic rings. The van der Waals surface area contributed by atoms with E-state index >= 15 is 0 Å². The van der Waals surface area contributed by atoms with Crippen LogP contribution < -0.4 is 4.89 Å². The van der Waals surface area contributed by atoms with Crippen LogP contribution in [0.3, 0.4) is 0 Å². The average molecular weight is 808 g/mol. The van der Waals surface area contributed by atoms with Crippen molar-refractivity contribution in [1.29, 1.82) is 0 Å². The fraction of sp³-hybridized carbons (Fsp3) is 0.739. The number of likely N-dealkylation sites (N-methyl/N-ethyl adjacent to an activating group) is 1. The second-order valence-electron chi connectivity index (χ2n) is 15.8. The van der Waals surface area contributed by atoms with Crippen LogP contribution in [0.1, 0.15) is 168 Å². The summed E-state index contributed by atoms with van der Waals surface area (Å²) in [6, 6.07) is 0. The maximum atomic E-state index is 12.7. The van der Waals surface area contributed by atoms with Gasteiger partial charge in [0.2, 0.25) is 0 Å². The summed E-state index contributed by atoms with van der Waals surface area (Å²) in [6.07, 6.45) is 45.2. The number of carbonyl (C=O) groups is 2. The Morgan fingerprint density at radius 1 is 0.571 bits per heavy atom. The van der Waals surface area contributed by atoms with E-state index in [-0.39, 0.29) is 26.1 Å². The number of esters is 2. The van der Waals surface area contributed by atoms with Crippen LogP contribution in [0.25, 0.3) is 0 Å². The van der Waals surface area contributed by atoms with Gasteiger partial charge in [0.25, 0.3) is 7.82 Å². The fourth-order valence-corrected chi connectivity index (χ4v) is 6.46. The van der Waals surface area contributed by atoms with Gasteiger partial charge in [0, 0.05) is 12.8 Å². The minimum Gasteiger partial charge on any atom is -0.756 e. The number of unbranched alkanes of at least 4 members (excludes halogenated alkanes) is 19. The Bertz CT molecular complexity index is 1140. The summed E-state index contributed by atoms with van der Waals surface area (Å²) in [5, 5.41) is 0. The Hall–Kier alpha value is -2.29. The summed E-state index contributed by atoms with van der Waals surface area (Å²) in [5.41, 5.74) is 0. The van der Waals surface area contributed by atoms with Crippen molar-refractivity contribution in [3.05, 3.63) is 60.8 Å². The van der Waals surface area contributed by atoms with Crippen LogP contribution in [0, 0.1) is 0 Å². The summed E-state index contributed by atoms with van der Waals surface area (Å²) < 4.78 is 33.9. The van der Waals surface area contributed by atoms with Gasteiger partial charge in [-0.05, 0) is 32.1 Å². The van der Waals surface area contributed by atoms with Crippen molar-refractivity contribution in [2.24, 2.45) is 0 Å². The van der Waals surface area contributed by atoms with Crippen LogP contribution in [0.15, 0.2) is 60.8 Å². The predicted octanol–water partition coefficient (Wildman–Crippen LogP) is 11.8. The van der Waals surface area contributed by atoms with E-state index < -0.39 is 32.5 Å². The number of rotatable bonds is 39. The van der Waals surface area contributed by atoms with E-state index in [1.165, 1.54) is 77.0 Å². The first-order valence-corrected chi connectivity index (χ1v) is 23.5. The molecule has 1 unspecified atom stereocenters. The van der Waals surface area contributed by atoms with Gasteiger partial charge in [-0.3, -0.25) is 14.2 Å². The molecular weight excluding hydrogens is 725 g/mol. The SMILES string of the molecule is CC\C=C/C=C\C=C/C=C\C=C/CCCCCCCC(=O)O[C@H](COC(=O)CCCCCCCCCCCCCCCCC)COP(=O)([O-])OCC[N+](C)(C)C. The lowest BCUT2D eigenvalue weighted by atomic mass is 10.0. The standard InChI is InChI=1S/C46H82NO8P/c1-6-8-10-12-14-16-18-20-22-23-25-27-29-31-33-35-37-39-46(49)55-44(43-54-56(50,51)53-41-40-47(3,4)5)42-52-45(48)38-36-34-32-30-28-26-24-21-19-17-15-13-11-9-7-2/h8,10,12,14,16,18,20,22-23,25,44H,6-7,9,11,13,15,17,19,21,24,26-43H2,1-5H3/b10-8-,14-12-,18-16-,22-20-,25-23-/t44-/m1/s1. The van der Waals surface area contributed by atoms with Crippen molar-refractivity contribution in [1.82, 2.24) is 0 Å². The molecule has 9 nitrogen and oxygen atoms in total. The van der Waals surface area contributed by atoms with Crippen LogP contribution in [0.2, 0.25) is 0 Å². The molecule has 0 aliphatic carbocycles. The highest BCUT2D eigenvalue weighted by Crippen LogP contribution is 2.38. The molecule has 0 fully saturated rings. The lowest BCUT2D eigenvalue weighted by Crippen LogP contribution is -2.37. The molecular formula is C46H82NO8P. The number of hydrogen-bond acceptors (Lipinski definition) is 8. The summed E-state index contributed by atoms with van der Waals surface area (Å²) >= 11 is 0. The van der Waals surface area contributed by atoms with E-state index in [2.05, 4.69) is 32.1 Å². The molecule has 56 heavy (non-hydrogen) atoms. The van der Waals surface area contributed by atoms with Crippen LogP contribution in [0.4, 0.5) is 0 Å². The number of quaternary nitrogens is 1. The van der Waals surface area contributed by atoms with Gasteiger partial charge in [-0.2, -0.15) is 0 Å². The normalized spacial score (nSPS) is 14.2. The molecule has 324 valence electrons. The third-order valence-electron chi connectivity index (χ3n) is 9.18. The average Bonchev–Trinajstić information content (AvgIpc) is 3.15. The van der Waals surface area contributed by atoms with Crippen molar-refractivity contribution in [2.75, 3.05) is 47.5 Å². The second kappa shape index (κ2) is 38.2. The molecule has 0 aromatic heterocycles. The minimum absolute atomic E-state index is 0.0382. The summed E-state index contributed by atoms with van der Waals surface area (Å²) in [5.74, 6) is -0.864. The molecule has 0 saturated heterocycles. The first kappa shape index (κ1) is 53.7. The van der Waals surface area contributed by atoms with Gasteiger partial charge in [-0.25, -0.2) is 0 Å². The maximum Gasteiger partial charge on any atom is 0.306 e. The number of hydrogen-bond donors (Lipinski definition) is 0. The van der Waals surface area contributed by atoms with Gasteiger partial charge >= 0.3 is 11.9 Å². The number of allylic oxidation sites excluding steroid dienone is 10. The molecule has 0 rings (SSSR count). The Balaban J connectivity index is 4.41.